The van der Waals surface area contributed by atoms with Crippen molar-refractivity contribution in [2.75, 3.05) is 38.2 Å². The maximum atomic E-state index is 5.70. The van der Waals surface area contributed by atoms with Crippen LogP contribution < -0.4 is 10.2 Å². The number of morpholine rings is 1. The highest BCUT2D eigenvalue weighted by Gasteiger charge is 2.18. The molecule has 2 rings (SSSR count). The predicted octanol–water partition coefficient (Wildman–Crippen LogP) is 1.20. The van der Waals surface area contributed by atoms with E-state index in [0.717, 1.165) is 37.8 Å². The summed E-state index contributed by atoms with van der Waals surface area (Å²) in [5, 5.41) is 12.0. The highest BCUT2D eigenvalue weighted by molar-refractivity contribution is 5.37. The van der Waals surface area contributed by atoms with Gasteiger partial charge in [-0.15, -0.1) is 5.10 Å². The molecule has 1 atom stereocenters. The third-order valence-electron chi connectivity index (χ3n) is 3.29. The van der Waals surface area contributed by atoms with Gasteiger partial charge in [0.2, 0.25) is 0 Å². The second-order valence-corrected chi connectivity index (χ2v) is 6.10. The first kappa shape index (κ1) is 14.2. The van der Waals surface area contributed by atoms with Crippen LogP contribution in [0.3, 0.4) is 0 Å². The van der Waals surface area contributed by atoms with Gasteiger partial charge < -0.3 is 15.0 Å². The number of anilines is 1. The highest BCUT2D eigenvalue weighted by atomic mass is 16.5. The lowest BCUT2D eigenvalue weighted by molar-refractivity contribution is 0.0339. The molecule has 1 aromatic rings. The fraction of sp³-hybridized carbons (Fsp3) is 0.714. The van der Waals surface area contributed by atoms with Gasteiger partial charge in [-0.05, 0) is 12.1 Å². The molecule has 2 heterocycles. The van der Waals surface area contributed by atoms with E-state index in [4.69, 9.17) is 4.74 Å². The van der Waals surface area contributed by atoms with Crippen LogP contribution in [0.2, 0.25) is 0 Å². The zero-order valence-corrected chi connectivity index (χ0v) is 12.3. The van der Waals surface area contributed by atoms with E-state index in [9.17, 15) is 0 Å². The first-order valence-corrected chi connectivity index (χ1v) is 6.84. The number of hydrogen-bond acceptors (Lipinski definition) is 5. The molecule has 1 N–H and O–H groups in total. The fourth-order valence-electron chi connectivity index (χ4n) is 2.06. The average molecular weight is 264 g/mol. The maximum absolute atomic E-state index is 5.70. The lowest BCUT2D eigenvalue weighted by Crippen LogP contribution is -2.44. The van der Waals surface area contributed by atoms with Crippen LogP contribution in [-0.4, -0.2) is 49.6 Å². The van der Waals surface area contributed by atoms with Crippen LogP contribution in [0.25, 0.3) is 0 Å². The molecule has 1 aromatic heterocycles. The molecule has 1 aliphatic rings. The number of nitrogens with one attached hydrogen (secondary N) is 1. The summed E-state index contributed by atoms with van der Waals surface area (Å²) in [7, 11) is 2.03. The standard InChI is InChI=1S/C14H24N4O/c1-14(2,3)12-5-6-13(17-16-12)18(4)10-11-9-15-7-8-19-11/h5-6,11,15H,7-10H2,1-4H3. The molecule has 1 saturated heterocycles. The molecule has 5 nitrogen and oxygen atoms in total. The number of aromatic nitrogens is 2. The van der Waals surface area contributed by atoms with Crippen molar-refractivity contribution in [3.8, 4) is 0 Å². The van der Waals surface area contributed by atoms with Crippen molar-refractivity contribution in [2.24, 2.45) is 0 Å². The van der Waals surface area contributed by atoms with E-state index in [0.29, 0.717) is 0 Å². The molecule has 1 aliphatic heterocycles. The molecule has 0 saturated carbocycles. The van der Waals surface area contributed by atoms with Crippen molar-refractivity contribution in [1.82, 2.24) is 15.5 Å². The third-order valence-corrected chi connectivity index (χ3v) is 3.29. The van der Waals surface area contributed by atoms with Gasteiger partial charge in [-0.2, -0.15) is 5.10 Å². The van der Waals surface area contributed by atoms with Gasteiger partial charge in [0.15, 0.2) is 5.82 Å². The molecule has 1 unspecified atom stereocenters. The largest absolute Gasteiger partial charge is 0.374 e. The predicted molar refractivity (Wildman–Crippen MR) is 76.6 cm³/mol. The van der Waals surface area contributed by atoms with Crippen LogP contribution in [0.15, 0.2) is 12.1 Å². The quantitative estimate of drug-likeness (QED) is 0.889. The topological polar surface area (TPSA) is 50.3 Å². The Morgan fingerprint density at radius 3 is 2.68 bits per heavy atom. The normalized spacial score (nSPS) is 20.3. The number of ether oxygens (including phenoxy) is 1. The van der Waals surface area contributed by atoms with E-state index in [1.54, 1.807) is 0 Å². The van der Waals surface area contributed by atoms with Gasteiger partial charge in [-0.3, -0.25) is 0 Å². The number of rotatable bonds is 3. The monoisotopic (exact) mass is 264 g/mol. The lowest BCUT2D eigenvalue weighted by Gasteiger charge is -2.28. The maximum Gasteiger partial charge on any atom is 0.151 e. The van der Waals surface area contributed by atoms with Crippen molar-refractivity contribution in [1.29, 1.82) is 0 Å². The molecular formula is C14H24N4O. The van der Waals surface area contributed by atoms with Crippen molar-refractivity contribution in [2.45, 2.75) is 32.3 Å². The Morgan fingerprint density at radius 1 is 1.37 bits per heavy atom. The molecular weight excluding hydrogens is 240 g/mol. The summed E-state index contributed by atoms with van der Waals surface area (Å²) in [6.45, 7) is 9.88. The Balaban J connectivity index is 1.97. The summed E-state index contributed by atoms with van der Waals surface area (Å²) in [4.78, 5) is 2.09. The molecule has 0 bridgehead atoms. The third kappa shape index (κ3) is 3.88. The summed E-state index contributed by atoms with van der Waals surface area (Å²) in [5.74, 6) is 0.891. The summed E-state index contributed by atoms with van der Waals surface area (Å²) in [6.07, 6.45) is 0.225. The van der Waals surface area contributed by atoms with E-state index < -0.39 is 0 Å². The zero-order valence-electron chi connectivity index (χ0n) is 12.3. The Bertz CT molecular complexity index is 393. The number of likely N-dealkylation sites (N-methyl/N-ethyl adjacent to an activating group) is 1. The van der Waals surface area contributed by atoms with E-state index in [1.165, 1.54) is 0 Å². The molecule has 106 valence electrons. The highest BCUT2D eigenvalue weighted by Crippen LogP contribution is 2.20. The summed E-state index contributed by atoms with van der Waals surface area (Å²) in [6, 6.07) is 4.09. The summed E-state index contributed by atoms with van der Waals surface area (Å²) >= 11 is 0. The molecule has 5 heteroatoms. The minimum atomic E-state index is 0.0422. The average Bonchev–Trinajstić information content (AvgIpc) is 2.39. The first-order valence-electron chi connectivity index (χ1n) is 6.84. The van der Waals surface area contributed by atoms with E-state index in [-0.39, 0.29) is 11.5 Å². The van der Waals surface area contributed by atoms with Gasteiger partial charge in [0.25, 0.3) is 0 Å². The summed E-state index contributed by atoms with van der Waals surface area (Å²) in [5.41, 5.74) is 1.06. The van der Waals surface area contributed by atoms with Crippen LogP contribution in [0.1, 0.15) is 26.5 Å². The minimum absolute atomic E-state index is 0.0422. The molecule has 0 aromatic carbocycles. The smallest absolute Gasteiger partial charge is 0.151 e. The Kier molecular flexibility index (Phi) is 4.37. The number of hydrogen-bond donors (Lipinski definition) is 1. The van der Waals surface area contributed by atoms with Crippen LogP contribution in [0, 0.1) is 0 Å². The van der Waals surface area contributed by atoms with Crippen molar-refractivity contribution in [3.63, 3.8) is 0 Å². The van der Waals surface area contributed by atoms with Crippen LogP contribution in [0.5, 0.6) is 0 Å². The SMILES string of the molecule is CN(CC1CNCCO1)c1ccc(C(C)(C)C)nn1. The van der Waals surface area contributed by atoms with Gasteiger partial charge in [-0.1, -0.05) is 20.8 Å². The van der Waals surface area contributed by atoms with Gasteiger partial charge in [0, 0.05) is 32.1 Å². The molecule has 0 spiro atoms. The molecule has 19 heavy (non-hydrogen) atoms. The second kappa shape index (κ2) is 5.84. The van der Waals surface area contributed by atoms with Crippen molar-refractivity contribution in [3.05, 3.63) is 17.8 Å². The molecule has 0 amide bonds. The molecule has 1 fully saturated rings. The van der Waals surface area contributed by atoms with Crippen LogP contribution in [0.4, 0.5) is 5.82 Å². The number of nitrogens with zero attached hydrogens (tertiary/aromatic N) is 3. The Morgan fingerprint density at radius 2 is 2.16 bits per heavy atom. The summed E-state index contributed by atoms with van der Waals surface area (Å²) < 4.78 is 5.70. The Labute approximate surface area is 115 Å². The first-order chi connectivity index (χ1) is 8.97. The van der Waals surface area contributed by atoms with Crippen LogP contribution in [-0.2, 0) is 10.2 Å². The van der Waals surface area contributed by atoms with Crippen molar-refractivity contribution >= 4 is 5.82 Å². The van der Waals surface area contributed by atoms with E-state index >= 15 is 0 Å². The fourth-order valence-corrected chi connectivity index (χ4v) is 2.06. The van der Waals surface area contributed by atoms with E-state index in [1.807, 2.05) is 13.1 Å². The lowest BCUT2D eigenvalue weighted by atomic mass is 9.92. The van der Waals surface area contributed by atoms with Crippen LogP contribution >= 0.6 is 0 Å². The Hall–Kier alpha value is -1.20. The van der Waals surface area contributed by atoms with Gasteiger partial charge >= 0.3 is 0 Å². The molecule has 0 aliphatic carbocycles. The second-order valence-electron chi connectivity index (χ2n) is 6.10. The van der Waals surface area contributed by atoms with Crippen molar-refractivity contribution < 1.29 is 4.74 Å². The minimum Gasteiger partial charge on any atom is -0.374 e. The van der Waals surface area contributed by atoms with Gasteiger partial charge in [0.05, 0.1) is 18.4 Å². The molecule has 0 radical (unpaired) electrons. The van der Waals surface area contributed by atoms with Gasteiger partial charge in [0.1, 0.15) is 0 Å². The van der Waals surface area contributed by atoms with Gasteiger partial charge in [-0.25, -0.2) is 0 Å². The van der Waals surface area contributed by atoms with E-state index in [2.05, 4.69) is 47.3 Å². The zero-order chi connectivity index (χ0) is 13.9.